The summed E-state index contributed by atoms with van der Waals surface area (Å²) in [4.78, 5) is 11.9. The molecule has 0 aromatic rings. The summed E-state index contributed by atoms with van der Waals surface area (Å²) in [6, 6.07) is 0. The van der Waals surface area contributed by atoms with Gasteiger partial charge in [-0.15, -0.1) is 0 Å². The Hall–Kier alpha value is -0.790. The molecular formula is C31H50O2. The predicted octanol–water partition coefficient (Wildman–Crippen LogP) is 8.49. The summed E-state index contributed by atoms with van der Waals surface area (Å²) in [5.41, 5.74) is 5.54. The molecule has 186 valence electrons. The Morgan fingerprint density at radius 2 is 1.48 bits per heavy atom. The molecule has 7 atom stereocenters. The molecule has 33 heavy (non-hydrogen) atoms. The van der Waals surface area contributed by atoms with Crippen LogP contribution in [0, 0.1) is 44.8 Å². The van der Waals surface area contributed by atoms with Gasteiger partial charge in [0.05, 0.1) is 0 Å². The van der Waals surface area contributed by atoms with Crippen molar-refractivity contribution >= 4 is 5.97 Å². The molecule has 3 fully saturated rings. The number of carbonyl (C=O) groups is 1. The van der Waals surface area contributed by atoms with Gasteiger partial charge in [-0.3, -0.25) is 4.79 Å². The molecule has 0 heterocycles. The van der Waals surface area contributed by atoms with Crippen molar-refractivity contribution in [1.29, 1.82) is 0 Å². The van der Waals surface area contributed by atoms with Gasteiger partial charge in [-0.05, 0) is 110 Å². The molecule has 0 aromatic heterocycles. The molecule has 0 unspecified atom stereocenters. The first-order valence-electron chi connectivity index (χ1n) is 14.1. The Kier molecular flexibility index (Phi) is 5.34. The van der Waals surface area contributed by atoms with Crippen molar-refractivity contribution in [3.63, 3.8) is 0 Å². The van der Waals surface area contributed by atoms with Gasteiger partial charge in [0.25, 0.3) is 0 Å². The van der Waals surface area contributed by atoms with Crippen LogP contribution in [0.4, 0.5) is 0 Å². The van der Waals surface area contributed by atoms with Crippen LogP contribution in [0.5, 0.6) is 0 Å². The van der Waals surface area contributed by atoms with Gasteiger partial charge in [-0.2, -0.15) is 0 Å². The SMILES string of the molecule is CC(=O)O[C@H]1CC[C@@]2(C)[C@H](CC[C@]3(C)[C@@H]2CC[C@@H]2C4=C(CCC(C)(C)C4)CC[C@]23C)C1(C)C. The van der Waals surface area contributed by atoms with Crippen molar-refractivity contribution in [2.24, 2.45) is 44.8 Å². The van der Waals surface area contributed by atoms with Gasteiger partial charge in [0, 0.05) is 12.3 Å². The zero-order valence-electron chi connectivity index (χ0n) is 22.9. The largest absolute Gasteiger partial charge is 0.462 e. The zero-order chi connectivity index (χ0) is 24.0. The molecular weight excluding hydrogens is 404 g/mol. The lowest BCUT2D eigenvalue weighted by molar-refractivity contribution is -0.229. The minimum absolute atomic E-state index is 0.0629. The number of esters is 1. The highest BCUT2D eigenvalue weighted by atomic mass is 16.5. The quantitative estimate of drug-likeness (QED) is 0.293. The van der Waals surface area contributed by atoms with E-state index in [4.69, 9.17) is 4.74 Å². The highest BCUT2D eigenvalue weighted by Gasteiger charge is 2.67. The lowest BCUT2D eigenvalue weighted by atomic mass is 9.33. The molecule has 5 rings (SSSR count). The minimum Gasteiger partial charge on any atom is -0.462 e. The normalized spacial score (nSPS) is 48.1. The average molecular weight is 455 g/mol. The molecule has 2 heteroatoms. The van der Waals surface area contributed by atoms with Gasteiger partial charge in [0.2, 0.25) is 0 Å². The van der Waals surface area contributed by atoms with E-state index in [0.29, 0.717) is 27.6 Å². The van der Waals surface area contributed by atoms with Crippen LogP contribution in [0.1, 0.15) is 126 Å². The van der Waals surface area contributed by atoms with E-state index in [2.05, 4.69) is 48.5 Å². The smallest absolute Gasteiger partial charge is 0.302 e. The van der Waals surface area contributed by atoms with E-state index >= 15 is 0 Å². The van der Waals surface area contributed by atoms with Crippen LogP contribution in [0.15, 0.2) is 11.1 Å². The third kappa shape index (κ3) is 3.27. The summed E-state index contributed by atoms with van der Waals surface area (Å²) in [6.45, 7) is 19.5. The van der Waals surface area contributed by atoms with Crippen LogP contribution in [0.3, 0.4) is 0 Å². The lowest BCUT2D eigenvalue weighted by Gasteiger charge is -2.71. The maximum Gasteiger partial charge on any atom is 0.302 e. The second-order valence-electron chi connectivity index (χ2n) is 15.0. The number of rotatable bonds is 1. The molecule has 0 saturated heterocycles. The molecule has 3 saturated carbocycles. The Bertz CT molecular complexity index is 864. The number of fused-ring (bicyclic) bond motifs is 6. The predicted molar refractivity (Wildman–Crippen MR) is 136 cm³/mol. The van der Waals surface area contributed by atoms with Gasteiger partial charge < -0.3 is 4.74 Å². The standard InChI is InChI=1S/C31H50O2/c1-20(32)33-26-14-16-29(6)24(28(26,4)5)13-18-31(8)25(29)10-9-23-22-19-27(2,3)15-11-21(22)12-17-30(23,31)7/h23-26H,9-19H2,1-8H3/t23-,24-,25-,26+,29+,30-,31-/m1/s1. The minimum atomic E-state index is -0.105. The molecule has 0 N–H and O–H groups in total. The Morgan fingerprint density at radius 3 is 2.18 bits per heavy atom. The first-order chi connectivity index (χ1) is 15.2. The third-order valence-electron chi connectivity index (χ3n) is 12.7. The van der Waals surface area contributed by atoms with Crippen molar-refractivity contribution in [2.75, 3.05) is 0 Å². The van der Waals surface area contributed by atoms with Crippen molar-refractivity contribution in [3.8, 4) is 0 Å². The molecule has 0 aliphatic heterocycles. The van der Waals surface area contributed by atoms with Gasteiger partial charge in [-0.1, -0.05) is 59.6 Å². The van der Waals surface area contributed by atoms with Gasteiger partial charge in [0.1, 0.15) is 6.10 Å². The van der Waals surface area contributed by atoms with E-state index in [1.54, 1.807) is 6.92 Å². The summed E-state index contributed by atoms with van der Waals surface area (Å²) >= 11 is 0. The second kappa shape index (κ2) is 7.36. The highest BCUT2D eigenvalue weighted by molar-refractivity contribution is 5.66. The Labute approximate surface area is 203 Å². The summed E-state index contributed by atoms with van der Waals surface area (Å²) in [6.07, 6.45) is 14.7. The lowest BCUT2D eigenvalue weighted by Crippen LogP contribution is -2.65. The molecule has 5 aliphatic rings. The van der Waals surface area contributed by atoms with Crippen LogP contribution in [-0.2, 0) is 9.53 Å². The number of ether oxygens (including phenoxy) is 1. The van der Waals surface area contributed by atoms with E-state index in [-0.39, 0.29) is 17.5 Å². The maximum absolute atomic E-state index is 11.9. The van der Waals surface area contributed by atoms with E-state index in [1.165, 1.54) is 64.2 Å². The molecule has 0 spiro atoms. The van der Waals surface area contributed by atoms with Gasteiger partial charge in [0.15, 0.2) is 0 Å². The Balaban J connectivity index is 1.49. The maximum atomic E-state index is 11.9. The monoisotopic (exact) mass is 454 g/mol. The summed E-state index contributed by atoms with van der Waals surface area (Å²) in [7, 11) is 0. The van der Waals surface area contributed by atoms with E-state index in [0.717, 1.165) is 18.3 Å². The number of hydrogen-bond acceptors (Lipinski definition) is 2. The first kappa shape index (κ1) is 23.9. The van der Waals surface area contributed by atoms with Gasteiger partial charge in [-0.25, -0.2) is 0 Å². The summed E-state index contributed by atoms with van der Waals surface area (Å²) < 4.78 is 5.90. The molecule has 2 nitrogen and oxygen atoms in total. The fraction of sp³-hybridized carbons (Fsp3) is 0.903. The molecule has 5 aliphatic carbocycles. The highest BCUT2D eigenvalue weighted by Crippen LogP contribution is 2.75. The number of carbonyl (C=O) groups excluding carboxylic acids is 1. The zero-order valence-corrected chi connectivity index (χ0v) is 22.9. The summed E-state index contributed by atoms with van der Waals surface area (Å²) in [5, 5.41) is 0. The average Bonchev–Trinajstić information content (AvgIpc) is 2.70. The van der Waals surface area contributed by atoms with Crippen molar-refractivity contribution in [1.82, 2.24) is 0 Å². The molecule has 0 radical (unpaired) electrons. The molecule has 0 aromatic carbocycles. The summed E-state index contributed by atoms with van der Waals surface area (Å²) in [5.74, 6) is 2.15. The van der Waals surface area contributed by atoms with Crippen LogP contribution in [0.25, 0.3) is 0 Å². The van der Waals surface area contributed by atoms with E-state index in [9.17, 15) is 4.79 Å². The third-order valence-corrected chi connectivity index (χ3v) is 12.7. The fourth-order valence-electron chi connectivity index (χ4n) is 10.8. The van der Waals surface area contributed by atoms with Crippen molar-refractivity contribution < 1.29 is 9.53 Å². The molecule has 0 amide bonds. The van der Waals surface area contributed by atoms with Crippen LogP contribution in [-0.4, -0.2) is 12.1 Å². The topological polar surface area (TPSA) is 26.3 Å². The van der Waals surface area contributed by atoms with Crippen LogP contribution in [0.2, 0.25) is 0 Å². The van der Waals surface area contributed by atoms with Crippen LogP contribution >= 0.6 is 0 Å². The number of hydrogen-bond donors (Lipinski definition) is 0. The van der Waals surface area contributed by atoms with Crippen molar-refractivity contribution in [3.05, 3.63) is 11.1 Å². The fourth-order valence-corrected chi connectivity index (χ4v) is 10.8. The number of allylic oxidation sites excluding steroid dienone is 2. The van der Waals surface area contributed by atoms with Crippen molar-refractivity contribution in [2.45, 2.75) is 132 Å². The second-order valence-corrected chi connectivity index (χ2v) is 15.0. The first-order valence-corrected chi connectivity index (χ1v) is 14.1. The molecule has 0 bridgehead atoms. The van der Waals surface area contributed by atoms with Gasteiger partial charge >= 0.3 is 5.97 Å². The van der Waals surface area contributed by atoms with E-state index < -0.39 is 0 Å². The Morgan fingerprint density at radius 1 is 0.788 bits per heavy atom. The van der Waals surface area contributed by atoms with E-state index in [1.807, 2.05) is 11.1 Å². The van der Waals surface area contributed by atoms with Crippen LogP contribution < -0.4 is 0 Å².